The molecule has 4 heteroatoms. The monoisotopic (exact) mass is 253 g/mol. The van der Waals surface area contributed by atoms with Crippen molar-refractivity contribution in [3.63, 3.8) is 0 Å². The molecule has 92 valence electrons. The average molecular weight is 253 g/mol. The van der Waals surface area contributed by atoms with Crippen LogP contribution in [0.4, 0.5) is 4.39 Å². The maximum absolute atomic E-state index is 13.0. The van der Waals surface area contributed by atoms with Crippen molar-refractivity contribution in [2.75, 3.05) is 6.54 Å². The molecule has 1 aromatic carbocycles. The molecule has 1 N–H and O–H groups in total. The number of thiol groups is 1. The molecule has 0 aromatic heterocycles. The van der Waals surface area contributed by atoms with Crippen LogP contribution in [0.25, 0.3) is 0 Å². The summed E-state index contributed by atoms with van der Waals surface area (Å²) in [5.41, 5.74) is 0.458. The zero-order chi connectivity index (χ0) is 12.4. The third-order valence-corrected chi connectivity index (χ3v) is 3.56. The number of hydrogen-bond donors (Lipinski definition) is 2. The summed E-state index contributed by atoms with van der Waals surface area (Å²) < 4.78 is 13.0. The van der Waals surface area contributed by atoms with Gasteiger partial charge in [-0.05, 0) is 42.9 Å². The van der Waals surface area contributed by atoms with E-state index in [9.17, 15) is 9.18 Å². The number of carbonyl (C=O) groups excluding carboxylic acids is 1. The SMILES string of the molecule is CC(CNC(=O)c1ccc(F)c(S)c1)C1CC1. The van der Waals surface area contributed by atoms with Crippen molar-refractivity contribution in [3.05, 3.63) is 29.6 Å². The summed E-state index contributed by atoms with van der Waals surface area (Å²) in [5, 5.41) is 2.87. The number of halogens is 1. The molecule has 0 spiro atoms. The maximum atomic E-state index is 13.0. The Labute approximate surface area is 106 Å². The van der Waals surface area contributed by atoms with Gasteiger partial charge in [-0.3, -0.25) is 4.79 Å². The van der Waals surface area contributed by atoms with Gasteiger partial charge in [-0.2, -0.15) is 0 Å². The highest BCUT2D eigenvalue weighted by molar-refractivity contribution is 7.80. The molecule has 1 amide bonds. The molecule has 1 saturated carbocycles. The van der Waals surface area contributed by atoms with Crippen LogP contribution < -0.4 is 5.32 Å². The van der Waals surface area contributed by atoms with Gasteiger partial charge in [-0.25, -0.2) is 4.39 Å². The van der Waals surface area contributed by atoms with Crippen LogP contribution in [0.2, 0.25) is 0 Å². The summed E-state index contributed by atoms with van der Waals surface area (Å²) >= 11 is 3.96. The number of nitrogens with one attached hydrogen (secondary N) is 1. The van der Waals surface area contributed by atoms with Crippen molar-refractivity contribution in [1.82, 2.24) is 5.32 Å². The zero-order valence-electron chi connectivity index (χ0n) is 9.74. The lowest BCUT2D eigenvalue weighted by molar-refractivity contribution is 0.0946. The lowest BCUT2D eigenvalue weighted by atomic mass is 10.1. The number of carbonyl (C=O) groups is 1. The molecule has 1 aliphatic rings. The van der Waals surface area contributed by atoms with Crippen LogP contribution in [-0.4, -0.2) is 12.5 Å². The Morgan fingerprint density at radius 1 is 1.59 bits per heavy atom. The Bertz CT molecular complexity index is 431. The molecule has 17 heavy (non-hydrogen) atoms. The summed E-state index contributed by atoms with van der Waals surface area (Å²) in [7, 11) is 0. The van der Waals surface area contributed by atoms with Crippen molar-refractivity contribution in [2.24, 2.45) is 11.8 Å². The molecule has 0 saturated heterocycles. The van der Waals surface area contributed by atoms with E-state index < -0.39 is 5.82 Å². The topological polar surface area (TPSA) is 29.1 Å². The molecule has 1 aromatic rings. The van der Waals surface area contributed by atoms with E-state index in [0.29, 0.717) is 18.0 Å². The number of benzene rings is 1. The molecule has 0 bridgehead atoms. The summed E-state index contributed by atoms with van der Waals surface area (Å²) in [4.78, 5) is 12.0. The molecule has 0 radical (unpaired) electrons. The third-order valence-electron chi connectivity index (χ3n) is 3.22. The van der Waals surface area contributed by atoms with Crippen molar-refractivity contribution in [3.8, 4) is 0 Å². The third kappa shape index (κ3) is 3.22. The minimum atomic E-state index is -0.406. The molecule has 2 rings (SSSR count). The van der Waals surface area contributed by atoms with Crippen LogP contribution in [0.5, 0.6) is 0 Å². The van der Waals surface area contributed by atoms with Crippen LogP contribution in [0.3, 0.4) is 0 Å². The Morgan fingerprint density at radius 3 is 2.88 bits per heavy atom. The Hall–Kier alpha value is -1.03. The second-order valence-electron chi connectivity index (χ2n) is 4.69. The van der Waals surface area contributed by atoms with Crippen LogP contribution >= 0.6 is 12.6 Å². The fraction of sp³-hybridized carbons (Fsp3) is 0.462. The lowest BCUT2D eigenvalue weighted by Crippen LogP contribution is -2.29. The fourth-order valence-electron chi connectivity index (χ4n) is 1.84. The quantitative estimate of drug-likeness (QED) is 0.794. The second kappa shape index (κ2) is 5.08. The van der Waals surface area contributed by atoms with E-state index >= 15 is 0 Å². The van der Waals surface area contributed by atoms with Crippen LogP contribution in [-0.2, 0) is 0 Å². The number of hydrogen-bond acceptors (Lipinski definition) is 2. The second-order valence-corrected chi connectivity index (χ2v) is 5.17. The highest BCUT2D eigenvalue weighted by Crippen LogP contribution is 2.36. The van der Waals surface area contributed by atoms with E-state index in [4.69, 9.17) is 0 Å². The van der Waals surface area contributed by atoms with Crippen molar-refractivity contribution in [1.29, 1.82) is 0 Å². The van der Waals surface area contributed by atoms with Crippen molar-refractivity contribution < 1.29 is 9.18 Å². The fourth-order valence-corrected chi connectivity index (χ4v) is 2.06. The first kappa shape index (κ1) is 12.4. The van der Waals surface area contributed by atoms with Gasteiger partial charge in [0.1, 0.15) is 5.82 Å². The summed E-state index contributed by atoms with van der Waals surface area (Å²) in [6.07, 6.45) is 2.54. The Morgan fingerprint density at radius 2 is 2.29 bits per heavy atom. The van der Waals surface area contributed by atoms with E-state index in [1.54, 1.807) is 0 Å². The first-order chi connectivity index (χ1) is 8.08. The predicted molar refractivity (Wildman–Crippen MR) is 67.9 cm³/mol. The van der Waals surface area contributed by atoms with E-state index in [0.717, 1.165) is 5.92 Å². The normalized spacial score (nSPS) is 16.6. The summed E-state index contributed by atoms with van der Waals surface area (Å²) in [6, 6.07) is 4.20. The highest BCUT2D eigenvalue weighted by atomic mass is 32.1. The standard InChI is InChI=1S/C13H16FNOS/c1-8(9-2-3-9)7-15-13(16)10-4-5-11(14)12(17)6-10/h4-6,8-9,17H,2-3,7H2,1H3,(H,15,16). The summed E-state index contributed by atoms with van der Waals surface area (Å²) in [5.74, 6) is 0.725. The Kier molecular flexibility index (Phi) is 3.72. The van der Waals surface area contributed by atoms with Gasteiger partial charge in [0, 0.05) is 17.0 Å². The number of amides is 1. The van der Waals surface area contributed by atoms with Gasteiger partial charge in [0.25, 0.3) is 5.91 Å². The molecule has 1 atom stereocenters. The largest absolute Gasteiger partial charge is 0.352 e. The molecule has 1 unspecified atom stereocenters. The van der Waals surface area contributed by atoms with Crippen molar-refractivity contribution >= 4 is 18.5 Å². The predicted octanol–water partition coefficient (Wildman–Crippen LogP) is 2.89. The van der Waals surface area contributed by atoms with Gasteiger partial charge in [-0.1, -0.05) is 6.92 Å². The molecular formula is C13H16FNOS. The first-order valence-corrected chi connectivity index (χ1v) is 6.29. The molecule has 1 aliphatic carbocycles. The van der Waals surface area contributed by atoms with Crippen molar-refractivity contribution in [2.45, 2.75) is 24.7 Å². The van der Waals surface area contributed by atoms with Gasteiger partial charge >= 0.3 is 0 Å². The lowest BCUT2D eigenvalue weighted by Gasteiger charge is -2.11. The Balaban J connectivity index is 1.92. The molecule has 1 fully saturated rings. The van der Waals surface area contributed by atoms with E-state index in [-0.39, 0.29) is 10.8 Å². The smallest absolute Gasteiger partial charge is 0.251 e. The highest BCUT2D eigenvalue weighted by Gasteiger charge is 2.27. The van der Waals surface area contributed by atoms with Gasteiger partial charge in [0.05, 0.1) is 0 Å². The molecular weight excluding hydrogens is 237 g/mol. The summed E-state index contributed by atoms with van der Waals surface area (Å²) in [6.45, 7) is 2.83. The number of rotatable bonds is 4. The van der Waals surface area contributed by atoms with Gasteiger partial charge in [0.15, 0.2) is 0 Å². The average Bonchev–Trinajstić information content (AvgIpc) is 3.13. The van der Waals surface area contributed by atoms with E-state index in [1.165, 1.54) is 31.0 Å². The van der Waals surface area contributed by atoms with E-state index in [1.807, 2.05) is 0 Å². The minimum Gasteiger partial charge on any atom is -0.352 e. The van der Waals surface area contributed by atoms with Gasteiger partial charge < -0.3 is 5.32 Å². The molecule has 0 aliphatic heterocycles. The minimum absolute atomic E-state index is 0.159. The zero-order valence-corrected chi connectivity index (χ0v) is 10.6. The van der Waals surface area contributed by atoms with Gasteiger partial charge in [0.2, 0.25) is 0 Å². The van der Waals surface area contributed by atoms with Crippen LogP contribution in [0, 0.1) is 17.7 Å². The van der Waals surface area contributed by atoms with E-state index in [2.05, 4.69) is 24.9 Å². The maximum Gasteiger partial charge on any atom is 0.251 e. The van der Waals surface area contributed by atoms with Crippen LogP contribution in [0.1, 0.15) is 30.1 Å². The van der Waals surface area contributed by atoms with Crippen LogP contribution in [0.15, 0.2) is 23.1 Å². The first-order valence-electron chi connectivity index (χ1n) is 5.84. The molecule has 0 heterocycles. The van der Waals surface area contributed by atoms with Gasteiger partial charge in [-0.15, -0.1) is 12.6 Å². The molecule has 2 nitrogen and oxygen atoms in total.